The summed E-state index contributed by atoms with van der Waals surface area (Å²) in [5, 5.41) is 35.6. The van der Waals surface area contributed by atoms with Crippen molar-refractivity contribution in [3.05, 3.63) is 101 Å². The summed E-state index contributed by atoms with van der Waals surface area (Å²) in [4.78, 5) is 12.5. The molecular formula is C26H30N2O4. The Morgan fingerprint density at radius 3 is 2.47 bits per heavy atom. The number of hydrogen-bond acceptors (Lipinski definition) is 5. The number of amides is 1. The van der Waals surface area contributed by atoms with E-state index < -0.39 is 6.10 Å². The number of nitrogens with one attached hydrogen (secondary N) is 2. The second kappa shape index (κ2) is 11.4. The Morgan fingerprint density at radius 2 is 1.72 bits per heavy atom. The summed E-state index contributed by atoms with van der Waals surface area (Å²) in [5.41, 5.74) is 3.71. The minimum Gasteiger partial charge on any atom is -0.508 e. The van der Waals surface area contributed by atoms with Crippen LogP contribution in [0.25, 0.3) is 0 Å². The van der Waals surface area contributed by atoms with Crippen molar-refractivity contribution in [1.29, 1.82) is 0 Å². The molecule has 32 heavy (non-hydrogen) atoms. The lowest BCUT2D eigenvalue weighted by molar-refractivity contribution is 0.0950. The van der Waals surface area contributed by atoms with E-state index in [1.807, 2.05) is 55.5 Å². The third-order valence-corrected chi connectivity index (χ3v) is 5.35. The van der Waals surface area contributed by atoms with Gasteiger partial charge in [0.2, 0.25) is 0 Å². The molecule has 0 aliphatic rings. The normalized spacial score (nSPS) is 12.8. The molecule has 168 valence electrons. The van der Waals surface area contributed by atoms with Crippen molar-refractivity contribution >= 4 is 5.91 Å². The highest BCUT2D eigenvalue weighted by Gasteiger charge is 2.13. The average molecular weight is 435 g/mol. The number of carbonyl (C=O) groups excluding carboxylic acids is 1. The number of aliphatic hydroxyl groups is 2. The lowest BCUT2D eigenvalue weighted by atomic mass is 10.0. The van der Waals surface area contributed by atoms with Crippen LogP contribution >= 0.6 is 0 Å². The molecule has 0 aromatic heterocycles. The van der Waals surface area contributed by atoms with Gasteiger partial charge in [0.05, 0.1) is 12.7 Å². The third kappa shape index (κ3) is 6.65. The fourth-order valence-corrected chi connectivity index (χ4v) is 3.52. The number of aliphatic hydroxyl groups excluding tert-OH is 2. The number of hydrogen-bond donors (Lipinski definition) is 5. The van der Waals surface area contributed by atoms with Gasteiger partial charge in [0, 0.05) is 30.3 Å². The molecule has 6 nitrogen and oxygen atoms in total. The molecule has 2 unspecified atom stereocenters. The van der Waals surface area contributed by atoms with Crippen LogP contribution in [0.1, 0.15) is 45.6 Å². The molecule has 6 heteroatoms. The van der Waals surface area contributed by atoms with Gasteiger partial charge in [0.15, 0.2) is 0 Å². The Balaban J connectivity index is 1.51. The lowest BCUT2D eigenvalue weighted by Crippen LogP contribution is -2.32. The van der Waals surface area contributed by atoms with Gasteiger partial charge in [-0.3, -0.25) is 4.79 Å². The summed E-state index contributed by atoms with van der Waals surface area (Å²) in [7, 11) is 0. The summed E-state index contributed by atoms with van der Waals surface area (Å²) in [6.07, 6.45) is -0.0669. The van der Waals surface area contributed by atoms with Gasteiger partial charge in [-0.15, -0.1) is 0 Å². The molecule has 0 spiro atoms. The molecule has 0 heterocycles. The van der Waals surface area contributed by atoms with Crippen molar-refractivity contribution in [3.63, 3.8) is 0 Å². The van der Waals surface area contributed by atoms with Crippen molar-refractivity contribution in [2.24, 2.45) is 0 Å². The van der Waals surface area contributed by atoms with Gasteiger partial charge in [-0.05, 0) is 54.3 Å². The zero-order chi connectivity index (χ0) is 22.9. The summed E-state index contributed by atoms with van der Waals surface area (Å²) in [6.45, 7) is 2.54. The SMILES string of the molecule is CC(Cc1cccc(C(=O)NCc2ccccc2)c1)NCC(O)c1ccc(O)c(CO)c1. The number of phenols is 1. The van der Waals surface area contributed by atoms with Crippen LogP contribution in [0, 0.1) is 0 Å². The molecule has 0 saturated carbocycles. The van der Waals surface area contributed by atoms with Gasteiger partial charge in [0.1, 0.15) is 5.75 Å². The van der Waals surface area contributed by atoms with Crippen LogP contribution in [0.4, 0.5) is 0 Å². The predicted octanol–water partition coefficient (Wildman–Crippen LogP) is 3.07. The van der Waals surface area contributed by atoms with Crippen LogP contribution < -0.4 is 10.6 Å². The summed E-state index contributed by atoms with van der Waals surface area (Å²) >= 11 is 0. The van der Waals surface area contributed by atoms with E-state index in [9.17, 15) is 20.1 Å². The van der Waals surface area contributed by atoms with Gasteiger partial charge in [-0.2, -0.15) is 0 Å². The van der Waals surface area contributed by atoms with E-state index >= 15 is 0 Å². The highest BCUT2D eigenvalue weighted by molar-refractivity contribution is 5.94. The van der Waals surface area contributed by atoms with E-state index in [0.717, 1.165) is 11.1 Å². The van der Waals surface area contributed by atoms with E-state index in [-0.39, 0.29) is 24.3 Å². The molecule has 5 N–H and O–H groups in total. The number of carbonyl (C=O) groups is 1. The van der Waals surface area contributed by atoms with Gasteiger partial charge < -0.3 is 26.0 Å². The van der Waals surface area contributed by atoms with E-state index in [2.05, 4.69) is 10.6 Å². The Morgan fingerprint density at radius 1 is 0.969 bits per heavy atom. The van der Waals surface area contributed by atoms with Crippen molar-refractivity contribution in [3.8, 4) is 5.75 Å². The van der Waals surface area contributed by atoms with Crippen LogP contribution in [0.3, 0.4) is 0 Å². The molecule has 3 aromatic rings. The number of rotatable bonds is 10. The van der Waals surface area contributed by atoms with Crippen LogP contribution in [0.2, 0.25) is 0 Å². The van der Waals surface area contributed by atoms with E-state index in [1.54, 1.807) is 18.2 Å². The van der Waals surface area contributed by atoms with Gasteiger partial charge in [0.25, 0.3) is 5.91 Å². The van der Waals surface area contributed by atoms with E-state index in [0.29, 0.717) is 36.2 Å². The standard InChI is InChI=1S/C26H30N2O4/c1-18(27-16-25(31)21-10-11-24(30)23(14-21)17-29)12-20-8-5-9-22(13-20)26(32)28-15-19-6-3-2-4-7-19/h2-11,13-14,18,25,27,29-31H,12,15-17H2,1H3,(H,28,32). The van der Waals surface area contributed by atoms with Crippen LogP contribution in [-0.2, 0) is 19.6 Å². The maximum absolute atomic E-state index is 12.5. The minimum atomic E-state index is -0.765. The Labute approximate surface area is 188 Å². The van der Waals surface area contributed by atoms with Crippen molar-refractivity contribution in [2.75, 3.05) is 6.54 Å². The molecule has 0 fully saturated rings. The van der Waals surface area contributed by atoms with E-state index in [1.165, 1.54) is 6.07 Å². The summed E-state index contributed by atoms with van der Waals surface area (Å²) in [5.74, 6) is -0.101. The van der Waals surface area contributed by atoms with Gasteiger partial charge >= 0.3 is 0 Å². The van der Waals surface area contributed by atoms with Crippen molar-refractivity contribution in [2.45, 2.75) is 38.6 Å². The molecule has 3 rings (SSSR count). The Bertz CT molecular complexity index is 1020. The smallest absolute Gasteiger partial charge is 0.251 e. The van der Waals surface area contributed by atoms with Crippen molar-refractivity contribution in [1.82, 2.24) is 10.6 Å². The quantitative estimate of drug-likeness (QED) is 0.338. The molecule has 0 bridgehead atoms. The first kappa shape index (κ1) is 23.5. The predicted molar refractivity (Wildman–Crippen MR) is 124 cm³/mol. The molecule has 2 atom stereocenters. The van der Waals surface area contributed by atoms with Gasteiger partial charge in [-0.1, -0.05) is 48.5 Å². The molecule has 1 amide bonds. The second-order valence-electron chi connectivity index (χ2n) is 7.94. The zero-order valence-corrected chi connectivity index (χ0v) is 18.2. The second-order valence-corrected chi connectivity index (χ2v) is 7.94. The first-order chi connectivity index (χ1) is 15.5. The summed E-state index contributed by atoms with van der Waals surface area (Å²) in [6, 6.07) is 22.1. The fraction of sp³-hybridized carbons (Fsp3) is 0.269. The highest BCUT2D eigenvalue weighted by atomic mass is 16.3. The van der Waals surface area contributed by atoms with Crippen LogP contribution in [0.15, 0.2) is 72.8 Å². The molecule has 3 aromatic carbocycles. The van der Waals surface area contributed by atoms with E-state index in [4.69, 9.17) is 0 Å². The maximum Gasteiger partial charge on any atom is 0.251 e. The largest absolute Gasteiger partial charge is 0.508 e. The maximum atomic E-state index is 12.5. The molecular weight excluding hydrogens is 404 g/mol. The first-order valence-electron chi connectivity index (χ1n) is 10.7. The number of benzene rings is 3. The number of aromatic hydroxyl groups is 1. The third-order valence-electron chi connectivity index (χ3n) is 5.35. The lowest BCUT2D eigenvalue weighted by Gasteiger charge is -2.18. The molecule has 0 aliphatic carbocycles. The first-order valence-corrected chi connectivity index (χ1v) is 10.7. The monoisotopic (exact) mass is 434 g/mol. The average Bonchev–Trinajstić information content (AvgIpc) is 2.82. The van der Waals surface area contributed by atoms with Gasteiger partial charge in [-0.25, -0.2) is 0 Å². The molecule has 0 aliphatic heterocycles. The Hall–Kier alpha value is -3.19. The fourth-order valence-electron chi connectivity index (χ4n) is 3.52. The van der Waals surface area contributed by atoms with Crippen LogP contribution in [-0.4, -0.2) is 33.8 Å². The van der Waals surface area contributed by atoms with Crippen molar-refractivity contribution < 1.29 is 20.1 Å². The minimum absolute atomic E-state index is 0.0115. The Kier molecular flexibility index (Phi) is 8.39. The topological polar surface area (TPSA) is 102 Å². The highest BCUT2D eigenvalue weighted by Crippen LogP contribution is 2.22. The zero-order valence-electron chi connectivity index (χ0n) is 18.2. The summed E-state index contributed by atoms with van der Waals surface area (Å²) < 4.78 is 0. The molecule has 0 saturated heterocycles. The van der Waals surface area contributed by atoms with Crippen LogP contribution in [0.5, 0.6) is 5.75 Å². The molecule has 0 radical (unpaired) electrons.